The van der Waals surface area contributed by atoms with Gasteiger partial charge in [-0.15, -0.1) is 0 Å². The third-order valence-electron chi connectivity index (χ3n) is 5.71. The topological polar surface area (TPSA) is 104 Å². The van der Waals surface area contributed by atoms with E-state index in [0.717, 1.165) is 23.6 Å². The molecule has 1 saturated heterocycles. The largest absolute Gasteiger partial charge is 0.406 e. The van der Waals surface area contributed by atoms with Crippen molar-refractivity contribution in [3.05, 3.63) is 16.5 Å². The van der Waals surface area contributed by atoms with Crippen LogP contribution in [0.5, 0.6) is 0 Å². The van der Waals surface area contributed by atoms with Gasteiger partial charge in [0.05, 0.1) is 22.3 Å². The van der Waals surface area contributed by atoms with Gasteiger partial charge < -0.3 is 15.4 Å². The van der Waals surface area contributed by atoms with Crippen LogP contribution in [0.15, 0.2) is 10.7 Å². The summed E-state index contributed by atoms with van der Waals surface area (Å²) >= 11 is 3.06. The molecule has 3 N–H and O–H groups in total. The van der Waals surface area contributed by atoms with Crippen molar-refractivity contribution in [2.45, 2.75) is 69.8 Å². The second kappa shape index (κ2) is 10.1. The zero-order chi connectivity index (χ0) is 22.6. The maximum atomic E-state index is 12.5. The first-order valence-corrected chi connectivity index (χ1v) is 11.2. The van der Waals surface area contributed by atoms with Crippen LogP contribution in [0.4, 0.5) is 19.0 Å². The molecule has 0 aromatic carbocycles. The quantitative estimate of drug-likeness (QED) is 0.643. The number of imidazole rings is 1. The number of aliphatic hydroxyl groups excluding tert-OH is 1. The molecule has 31 heavy (non-hydrogen) atoms. The second-order valence-electron chi connectivity index (χ2n) is 8.02. The van der Waals surface area contributed by atoms with Gasteiger partial charge in [0, 0.05) is 12.6 Å². The highest BCUT2D eigenvalue weighted by molar-refractivity contribution is 9.10. The van der Waals surface area contributed by atoms with E-state index in [1.165, 1.54) is 51.3 Å². The van der Waals surface area contributed by atoms with E-state index in [0.29, 0.717) is 0 Å². The molecule has 2 fully saturated rings. The van der Waals surface area contributed by atoms with E-state index in [-0.39, 0.29) is 33.3 Å². The molecule has 1 aliphatic carbocycles. The Labute approximate surface area is 187 Å². The molecule has 170 valence electrons. The van der Waals surface area contributed by atoms with E-state index >= 15 is 0 Å². The summed E-state index contributed by atoms with van der Waals surface area (Å²) < 4.78 is 38.4. The summed E-state index contributed by atoms with van der Waals surface area (Å²) in [5.74, 6) is -0.300. The number of likely N-dealkylation sites (tertiary alicyclic amines) is 1. The summed E-state index contributed by atoms with van der Waals surface area (Å²) in [4.78, 5) is 10.0. The van der Waals surface area contributed by atoms with Gasteiger partial charge in [0.1, 0.15) is 23.9 Å². The second-order valence-corrected chi connectivity index (χ2v) is 8.82. The number of fused-ring (bicyclic) bond motifs is 1. The van der Waals surface area contributed by atoms with Crippen molar-refractivity contribution in [3.8, 4) is 6.07 Å². The summed E-state index contributed by atoms with van der Waals surface area (Å²) in [6, 6.07) is 2.41. The molecular weight excluding hydrogens is 477 g/mol. The van der Waals surface area contributed by atoms with E-state index in [2.05, 4.69) is 30.8 Å². The molecule has 2 aliphatic rings. The first-order valence-electron chi connectivity index (χ1n) is 10.4. The van der Waals surface area contributed by atoms with Gasteiger partial charge in [-0.2, -0.15) is 18.4 Å². The molecular formula is C20H26BrF3N6O. The number of halogens is 4. The molecule has 11 heteroatoms. The van der Waals surface area contributed by atoms with Gasteiger partial charge >= 0.3 is 6.18 Å². The Hall–Kier alpha value is -1.90. The van der Waals surface area contributed by atoms with Crippen LogP contribution >= 0.6 is 15.9 Å². The van der Waals surface area contributed by atoms with Gasteiger partial charge in [-0.05, 0) is 48.2 Å². The predicted octanol–water partition coefficient (Wildman–Crippen LogP) is 3.99. The molecule has 7 nitrogen and oxygen atoms in total. The molecule has 0 bridgehead atoms. The summed E-state index contributed by atoms with van der Waals surface area (Å²) in [5.41, 5.74) is 5.79. The number of nitrogens with zero attached hydrogens (tertiary/aromatic N) is 5. The number of aromatic nitrogens is 3. The van der Waals surface area contributed by atoms with Crippen LogP contribution in [0, 0.1) is 11.3 Å². The number of nitrogen functional groups attached to an aromatic ring is 1. The minimum Gasteiger partial charge on any atom is -0.392 e. The lowest BCUT2D eigenvalue weighted by Gasteiger charge is -2.38. The van der Waals surface area contributed by atoms with Gasteiger partial charge in [-0.3, -0.25) is 4.90 Å². The number of anilines is 1. The molecule has 3 heterocycles. The molecule has 1 unspecified atom stereocenters. The lowest BCUT2D eigenvalue weighted by Crippen LogP contribution is -2.45. The maximum Gasteiger partial charge on any atom is 0.406 e. The Balaban J connectivity index is 0.000000185. The number of nitrogens with two attached hydrogens (primary N) is 1. The van der Waals surface area contributed by atoms with E-state index in [9.17, 15) is 18.3 Å². The average Bonchev–Trinajstić information content (AvgIpc) is 3.08. The molecule has 4 rings (SSSR count). The van der Waals surface area contributed by atoms with Crippen LogP contribution in [-0.4, -0.2) is 56.0 Å². The molecule has 1 atom stereocenters. The fraction of sp³-hybridized carbons (Fsp3) is 0.650. The van der Waals surface area contributed by atoms with Gasteiger partial charge in [-0.1, -0.05) is 19.3 Å². The third kappa shape index (κ3) is 6.08. The number of nitriles is 1. The molecule has 2 aromatic heterocycles. The van der Waals surface area contributed by atoms with Crippen molar-refractivity contribution < 1.29 is 18.3 Å². The lowest BCUT2D eigenvalue weighted by atomic mass is 9.92. The number of rotatable bonds is 2. The maximum absolute atomic E-state index is 12.5. The van der Waals surface area contributed by atoms with Gasteiger partial charge in [0.2, 0.25) is 5.82 Å². The summed E-state index contributed by atoms with van der Waals surface area (Å²) in [5, 5.41) is 18.4. The van der Waals surface area contributed by atoms with Crippen LogP contribution in [0.1, 0.15) is 50.8 Å². The van der Waals surface area contributed by atoms with E-state index in [1.54, 1.807) is 6.07 Å². The van der Waals surface area contributed by atoms with Crippen molar-refractivity contribution in [2.75, 3.05) is 18.8 Å². The van der Waals surface area contributed by atoms with Crippen molar-refractivity contribution in [3.63, 3.8) is 0 Å². The van der Waals surface area contributed by atoms with Gasteiger partial charge in [0.15, 0.2) is 0 Å². The molecule has 0 radical (unpaired) electrons. The zero-order valence-corrected chi connectivity index (χ0v) is 18.7. The summed E-state index contributed by atoms with van der Waals surface area (Å²) in [6.45, 7) is 0.848. The van der Waals surface area contributed by atoms with Gasteiger partial charge in [0.25, 0.3) is 0 Å². The smallest absolute Gasteiger partial charge is 0.392 e. The Morgan fingerprint density at radius 2 is 1.94 bits per heavy atom. The first kappa shape index (κ1) is 23.8. The predicted molar refractivity (Wildman–Crippen MR) is 114 cm³/mol. The van der Waals surface area contributed by atoms with Crippen LogP contribution < -0.4 is 5.73 Å². The Kier molecular flexibility index (Phi) is 7.78. The minimum absolute atomic E-state index is 0.0373. The lowest BCUT2D eigenvalue weighted by molar-refractivity contribution is -0.140. The van der Waals surface area contributed by atoms with Crippen LogP contribution in [-0.2, 0) is 6.54 Å². The average molecular weight is 503 g/mol. The van der Waals surface area contributed by atoms with Gasteiger partial charge in [-0.25, -0.2) is 9.97 Å². The molecule has 2 aromatic rings. The van der Waals surface area contributed by atoms with Crippen molar-refractivity contribution in [1.29, 1.82) is 5.26 Å². The molecule has 1 aliphatic heterocycles. The molecule has 1 saturated carbocycles. The Morgan fingerprint density at radius 1 is 1.23 bits per heavy atom. The molecule has 0 spiro atoms. The number of hydrogen-bond acceptors (Lipinski definition) is 6. The minimum atomic E-state index is -4.46. The number of piperidine rings is 1. The monoisotopic (exact) mass is 502 g/mol. The highest BCUT2D eigenvalue weighted by Crippen LogP contribution is 2.31. The zero-order valence-electron chi connectivity index (χ0n) is 17.1. The number of β-amino-alcohol motifs (C(OH)–C–C–N with tert-alkyl or cyclic N) is 1. The fourth-order valence-corrected chi connectivity index (χ4v) is 4.80. The Morgan fingerprint density at radius 3 is 2.55 bits per heavy atom. The summed E-state index contributed by atoms with van der Waals surface area (Å²) in [6.07, 6.45) is 5.89. The van der Waals surface area contributed by atoms with Crippen LogP contribution in [0.2, 0.25) is 0 Å². The van der Waals surface area contributed by atoms with Crippen LogP contribution in [0.3, 0.4) is 0 Å². The van der Waals surface area contributed by atoms with E-state index in [1.807, 2.05) is 0 Å². The number of alkyl halides is 3. The number of pyridine rings is 1. The first-order chi connectivity index (χ1) is 14.7. The standard InChI is InChI=1S/C11H21NO.C9H5BrF3N5/c13-11-7-4-8-12(9-11)10-5-2-1-3-6-10;10-6-7-4(2-16-8(6)15)17-5(1-14)18(7)3-9(11,12)13/h10-11,13H,1-9H2;2H,3H2,(H2,15,16). The van der Waals surface area contributed by atoms with Crippen molar-refractivity contribution in [1.82, 2.24) is 19.4 Å². The van der Waals surface area contributed by atoms with E-state index < -0.39 is 12.7 Å². The highest BCUT2D eigenvalue weighted by Gasteiger charge is 2.31. The third-order valence-corrected chi connectivity index (χ3v) is 6.49. The fourth-order valence-electron chi connectivity index (χ4n) is 4.28. The van der Waals surface area contributed by atoms with E-state index in [4.69, 9.17) is 11.0 Å². The summed E-state index contributed by atoms with van der Waals surface area (Å²) in [7, 11) is 0. The SMILES string of the molecule is N#Cc1nc2cnc(N)c(Br)c2n1CC(F)(F)F.OC1CCCN(C2CCCCC2)C1. The Bertz CT molecular complexity index is 936. The van der Waals surface area contributed by atoms with Crippen LogP contribution in [0.25, 0.3) is 11.0 Å². The van der Waals surface area contributed by atoms with Crippen molar-refractivity contribution >= 4 is 32.8 Å². The number of aliphatic hydroxyl groups is 1. The highest BCUT2D eigenvalue weighted by atomic mass is 79.9. The number of hydrogen-bond donors (Lipinski definition) is 2. The van der Waals surface area contributed by atoms with Crippen molar-refractivity contribution in [2.24, 2.45) is 0 Å². The normalized spacial score (nSPS) is 20.8. The molecule has 0 amide bonds.